The summed E-state index contributed by atoms with van der Waals surface area (Å²) in [6.07, 6.45) is 0. The van der Waals surface area contributed by atoms with E-state index < -0.39 is 10.0 Å². The Kier molecular flexibility index (Phi) is 3.57. The SMILES string of the molecule is Cc1c(CO)cccc1S(=O)(=O)N1Cc2ccccc2C1. The van der Waals surface area contributed by atoms with Crippen LogP contribution >= 0.6 is 0 Å². The summed E-state index contributed by atoms with van der Waals surface area (Å²) in [5.41, 5.74) is 3.37. The first-order valence-electron chi connectivity index (χ1n) is 6.80. The molecule has 0 radical (unpaired) electrons. The van der Waals surface area contributed by atoms with Crippen molar-refractivity contribution in [3.05, 3.63) is 64.7 Å². The Balaban J connectivity index is 2.00. The van der Waals surface area contributed by atoms with Gasteiger partial charge in [0, 0.05) is 13.1 Å². The van der Waals surface area contributed by atoms with Gasteiger partial charge < -0.3 is 5.11 Å². The molecule has 1 heterocycles. The lowest BCUT2D eigenvalue weighted by Gasteiger charge is -2.18. The zero-order valence-corrected chi connectivity index (χ0v) is 12.6. The molecule has 0 spiro atoms. The van der Waals surface area contributed by atoms with Gasteiger partial charge in [-0.1, -0.05) is 36.4 Å². The summed E-state index contributed by atoms with van der Waals surface area (Å²) < 4.78 is 27.2. The maximum absolute atomic E-state index is 12.8. The number of sulfonamides is 1. The first-order chi connectivity index (χ1) is 10.0. The molecule has 0 amide bonds. The van der Waals surface area contributed by atoms with Gasteiger partial charge in [0.05, 0.1) is 11.5 Å². The highest BCUT2D eigenvalue weighted by atomic mass is 32.2. The molecule has 0 atom stereocenters. The van der Waals surface area contributed by atoms with E-state index in [1.54, 1.807) is 25.1 Å². The zero-order valence-electron chi connectivity index (χ0n) is 11.8. The summed E-state index contributed by atoms with van der Waals surface area (Å²) in [4.78, 5) is 0.279. The third-order valence-electron chi connectivity index (χ3n) is 4.00. The van der Waals surface area contributed by atoms with E-state index in [4.69, 9.17) is 0 Å². The molecule has 0 aromatic heterocycles. The molecule has 0 saturated carbocycles. The Labute approximate surface area is 124 Å². The van der Waals surface area contributed by atoms with Gasteiger partial charge in [0.15, 0.2) is 0 Å². The fourth-order valence-electron chi connectivity index (χ4n) is 2.72. The molecule has 110 valence electrons. The average Bonchev–Trinajstić information content (AvgIpc) is 2.92. The summed E-state index contributed by atoms with van der Waals surface area (Å²) >= 11 is 0. The second-order valence-corrected chi connectivity index (χ2v) is 7.15. The van der Waals surface area contributed by atoms with Crippen LogP contribution in [-0.2, 0) is 29.7 Å². The van der Waals surface area contributed by atoms with Gasteiger partial charge in [-0.05, 0) is 35.2 Å². The van der Waals surface area contributed by atoms with Crippen molar-refractivity contribution in [3.8, 4) is 0 Å². The number of nitrogens with zero attached hydrogens (tertiary/aromatic N) is 1. The Morgan fingerprint density at radius 1 is 1.05 bits per heavy atom. The van der Waals surface area contributed by atoms with Crippen LogP contribution in [0, 0.1) is 6.92 Å². The van der Waals surface area contributed by atoms with Gasteiger partial charge in [-0.3, -0.25) is 0 Å². The zero-order chi connectivity index (χ0) is 15.0. The van der Waals surface area contributed by atoms with Gasteiger partial charge in [0.25, 0.3) is 0 Å². The molecule has 21 heavy (non-hydrogen) atoms. The Hall–Kier alpha value is -1.69. The molecule has 1 N–H and O–H groups in total. The summed E-state index contributed by atoms with van der Waals surface area (Å²) in [6.45, 7) is 2.39. The molecule has 5 heteroatoms. The van der Waals surface area contributed by atoms with Crippen LogP contribution in [0.25, 0.3) is 0 Å². The minimum absolute atomic E-state index is 0.157. The molecule has 1 aliphatic rings. The van der Waals surface area contributed by atoms with E-state index in [9.17, 15) is 13.5 Å². The Bertz CT molecular complexity index is 759. The van der Waals surface area contributed by atoms with Gasteiger partial charge in [-0.2, -0.15) is 4.31 Å². The van der Waals surface area contributed by atoms with Crippen molar-refractivity contribution in [1.29, 1.82) is 0 Å². The fourth-order valence-corrected chi connectivity index (χ4v) is 4.39. The van der Waals surface area contributed by atoms with Gasteiger partial charge in [-0.25, -0.2) is 8.42 Å². The first-order valence-corrected chi connectivity index (χ1v) is 8.24. The van der Waals surface area contributed by atoms with E-state index in [0.717, 1.165) is 11.1 Å². The Morgan fingerprint density at radius 2 is 1.67 bits per heavy atom. The predicted molar refractivity (Wildman–Crippen MR) is 80.0 cm³/mol. The highest BCUT2D eigenvalue weighted by Gasteiger charge is 2.31. The summed E-state index contributed by atoms with van der Waals surface area (Å²) in [7, 11) is -3.55. The molecule has 0 aliphatic carbocycles. The molecule has 0 saturated heterocycles. The second-order valence-electron chi connectivity index (χ2n) is 5.24. The van der Waals surface area contributed by atoms with Crippen LogP contribution in [0.5, 0.6) is 0 Å². The number of fused-ring (bicyclic) bond motifs is 1. The largest absolute Gasteiger partial charge is 0.392 e. The molecule has 2 aromatic carbocycles. The molecular formula is C16H17NO3S. The first kappa shape index (κ1) is 14.3. The Morgan fingerprint density at radius 3 is 2.24 bits per heavy atom. The van der Waals surface area contributed by atoms with Crippen molar-refractivity contribution >= 4 is 10.0 Å². The number of rotatable bonds is 3. The average molecular weight is 303 g/mol. The van der Waals surface area contributed by atoms with E-state index in [2.05, 4.69) is 0 Å². The minimum Gasteiger partial charge on any atom is -0.392 e. The quantitative estimate of drug-likeness (QED) is 0.945. The van der Waals surface area contributed by atoms with Crippen LogP contribution in [0.2, 0.25) is 0 Å². The van der Waals surface area contributed by atoms with E-state index in [-0.39, 0.29) is 11.5 Å². The normalized spacial score (nSPS) is 15.1. The van der Waals surface area contributed by atoms with Crippen molar-refractivity contribution < 1.29 is 13.5 Å². The maximum Gasteiger partial charge on any atom is 0.243 e. The molecule has 0 bridgehead atoms. The third-order valence-corrected chi connectivity index (χ3v) is 5.93. The standard InChI is InChI=1S/C16H17NO3S/c1-12-15(11-18)7-4-8-16(12)21(19,20)17-9-13-5-2-3-6-14(13)10-17/h2-8,18H,9-11H2,1H3. The topological polar surface area (TPSA) is 57.6 Å². The second kappa shape index (κ2) is 5.26. The van der Waals surface area contributed by atoms with Gasteiger partial charge >= 0.3 is 0 Å². The van der Waals surface area contributed by atoms with Gasteiger partial charge in [-0.15, -0.1) is 0 Å². The van der Waals surface area contributed by atoms with Crippen LogP contribution in [0.15, 0.2) is 47.4 Å². The molecule has 4 nitrogen and oxygen atoms in total. The smallest absolute Gasteiger partial charge is 0.243 e. The van der Waals surface area contributed by atoms with Crippen molar-refractivity contribution in [2.24, 2.45) is 0 Å². The van der Waals surface area contributed by atoms with Crippen molar-refractivity contribution in [1.82, 2.24) is 4.31 Å². The molecule has 3 rings (SSSR count). The lowest BCUT2D eigenvalue weighted by atomic mass is 10.1. The van der Waals surface area contributed by atoms with Crippen LogP contribution < -0.4 is 0 Å². The van der Waals surface area contributed by atoms with Gasteiger partial charge in [0.1, 0.15) is 0 Å². The highest BCUT2D eigenvalue weighted by molar-refractivity contribution is 7.89. The molecular weight excluding hydrogens is 286 g/mol. The number of benzene rings is 2. The minimum atomic E-state index is -3.55. The third kappa shape index (κ3) is 2.37. The van der Waals surface area contributed by atoms with E-state index >= 15 is 0 Å². The lowest BCUT2D eigenvalue weighted by molar-refractivity contribution is 0.280. The highest BCUT2D eigenvalue weighted by Crippen LogP contribution is 2.30. The van der Waals surface area contributed by atoms with Gasteiger partial charge in [0.2, 0.25) is 10.0 Å². The fraction of sp³-hybridized carbons (Fsp3) is 0.250. The van der Waals surface area contributed by atoms with Crippen LogP contribution in [0.4, 0.5) is 0 Å². The van der Waals surface area contributed by atoms with Crippen LogP contribution in [0.3, 0.4) is 0 Å². The van der Waals surface area contributed by atoms with Crippen molar-refractivity contribution in [2.45, 2.75) is 31.5 Å². The number of aliphatic hydroxyl groups excluding tert-OH is 1. The van der Waals surface area contributed by atoms with Crippen LogP contribution in [-0.4, -0.2) is 17.8 Å². The molecule has 0 fully saturated rings. The summed E-state index contributed by atoms with van der Waals surface area (Å²) in [5.74, 6) is 0. The summed E-state index contributed by atoms with van der Waals surface area (Å²) in [6, 6.07) is 12.8. The van der Waals surface area contributed by atoms with E-state index in [1.807, 2.05) is 24.3 Å². The maximum atomic E-state index is 12.8. The van der Waals surface area contributed by atoms with E-state index in [1.165, 1.54) is 4.31 Å². The van der Waals surface area contributed by atoms with E-state index in [0.29, 0.717) is 24.2 Å². The number of aliphatic hydroxyl groups is 1. The molecule has 2 aromatic rings. The molecule has 0 unspecified atom stereocenters. The molecule has 1 aliphatic heterocycles. The predicted octanol–water partition coefficient (Wildman–Crippen LogP) is 2.19. The lowest BCUT2D eigenvalue weighted by Crippen LogP contribution is -2.26. The van der Waals surface area contributed by atoms with Crippen molar-refractivity contribution in [3.63, 3.8) is 0 Å². The van der Waals surface area contributed by atoms with Crippen molar-refractivity contribution in [2.75, 3.05) is 0 Å². The number of hydrogen-bond acceptors (Lipinski definition) is 3. The summed E-state index contributed by atoms with van der Waals surface area (Å²) in [5, 5.41) is 9.31. The monoisotopic (exact) mass is 303 g/mol. The number of hydrogen-bond donors (Lipinski definition) is 1. The van der Waals surface area contributed by atoms with Crippen LogP contribution in [0.1, 0.15) is 22.3 Å².